The van der Waals surface area contributed by atoms with E-state index in [4.69, 9.17) is 4.74 Å². The molecule has 6 heteroatoms. The molecule has 1 aromatic carbocycles. The Hall–Kier alpha value is -2.34. The minimum absolute atomic E-state index is 0.0692. The lowest BCUT2D eigenvalue weighted by Gasteiger charge is -2.23. The average molecular weight is 370 g/mol. The lowest BCUT2D eigenvalue weighted by molar-refractivity contribution is -0.138. The molecule has 1 atom stereocenters. The highest BCUT2D eigenvalue weighted by atomic mass is 32.1. The van der Waals surface area contributed by atoms with Crippen molar-refractivity contribution in [3.05, 3.63) is 46.2 Å². The van der Waals surface area contributed by atoms with Gasteiger partial charge in [-0.3, -0.25) is 9.59 Å². The van der Waals surface area contributed by atoms with E-state index in [0.29, 0.717) is 23.8 Å². The molecule has 4 rings (SSSR count). The Morgan fingerprint density at radius 1 is 1.35 bits per heavy atom. The molecule has 1 saturated carbocycles. The van der Waals surface area contributed by atoms with Crippen molar-refractivity contribution in [3.8, 4) is 5.75 Å². The fourth-order valence-electron chi connectivity index (χ4n) is 3.21. The molecular formula is C20H22N2O3S. The van der Waals surface area contributed by atoms with Crippen LogP contribution in [0.3, 0.4) is 0 Å². The number of hydrogen-bond donors (Lipinski definition) is 1. The molecule has 2 heterocycles. The van der Waals surface area contributed by atoms with E-state index in [-0.39, 0.29) is 11.8 Å². The maximum absolute atomic E-state index is 12.8. The highest BCUT2D eigenvalue weighted by molar-refractivity contribution is 7.12. The lowest BCUT2D eigenvalue weighted by Crippen LogP contribution is -2.40. The van der Waals surface area contributed by atoms with Gasteiger partial charge in [-0.15, -0.1) is 11.3 Å². The summed E-state index contributed by atoms with van der Waals surface area (Å²) in [5.74, 6) is 1.31. The van der Waals surface area contributed by atoms with E-state index in [2.05, 4.69) is 5.32 Å². The summed E-state index contributed by atoms with van der Waals surface area (Å²) in [5, 5.41) is 4.81. The Balaban J connectivity index is 1.57. The number of carbonyl (C=O) groups excluding carboxylic acids is 2. The summed E-state index contributed by atoms with van der Waals surface area (Å²) in [6.45, 7) is 3.30. The molecule has 2 amide bonds. The zero-order valence-corrected chi connectivity index (χ0v) is 15.6. The average Bonchev–Trinajstić information content (AvgIpc) is 3.31. The largest absolute Gasteiger partial charge is 0.480 e. The summed E-state index contributed by atoms with van der Waals surface area (Å²) in [4.78, 5) is 27.6. The fourth-order valence-corrected chi connectivity index (χ4v) is 3.83. The number of ether oxygens (including phenoxy) is 1. The predicted octanol–water partition coefficient (Wildman–Crippen LogP) is 3.91. The molecule has 0 unspecified atom stereocenters. The Morgan fingerprint density at radius 3 is 2.88 bits per heavy atom. The molecule has 136 valence electrons. The third-order valence-electron chi connectivity index (χ3n) is 4.83. The molecular weight excluding hydrogens is 348 g/mol. The van der Waals surface area contributed by atoms with Crippen LogP contribution in [0.4, 0.5) is 5.69 Å². The number of benzene rings is 1. The first-order chi connectivity index (χ1) is 12.6. The van der Waals surface area contributed by atoms with Gasteiger partial charge in [0, 0.05) is 24.3 Å². The van der Waals surface area contributed by atoms with E-state index in [9.17, 15) is 9.59 Å². The quantitative estimate of drug-likeness (QED) is 0.868. The summed E-state index contributed by atoms with van der Waals surface area (Å²) in [6.07, 6.45) is 2.62. The molecule has 1 aliphatic carbocycles. The summed E-state index contributed by atoms with van der Waals surface area (Å²) < 4.78 is 5.98. The van der Waals surface area contributed by atoms with Gasteiger partial charge >= 0.3 is 0 Å². The highest BCUT2D eigenvalue weighted by Gasteiger charge is 2.33. The fraction of sp³-hybridized carbons (Fsp3) is 0.400. The highest BCUT2D eigenvalue weighted by Crippen LogP contribution is 2.34. The molecule has 1 N–H and O–H groups in total. The van der Waals surface area contributed by atoms with Gasteiger partial charge in [0.1, 0.15) is 5.75 Å². The van der Waals surface area contributed by atoms with E-state index in [1.807, 2.05) is 41.5 Å². The number of fused-ring (bicyclic) bond motifs is 1. The van der Waals surface area contributed by atoms with E-state index in [0.717, 1.165) is 23.5 Å². The molecule has 1 aliphatic heterocycles. The lowest BCUT2D eigenvalue weighted by atomic mass is 10.1. The van der Waals surface area contributed by atoms with E-state index < -0.39 is 6.10 Å². The van der Waals surface area contributed by atoms with Gasteiger partial charge in [-0.1, -0.05) is 13.0 Å². The summed E-state index contributed by atoms with van der Waals surface area (Å²) in [5.41, 5.74) is 1.67. The third kappa shape index (κ3) is 3.60. The number of hydrogen-bond acceptors (Lipinski definition) is 4. The van der Waals surface area contributed by atoms with Gasteiger partial charge in [0.15, 0.2) is 6.10 Å². The van der Waals surface area contributed by atoms with Crippen LogP contribution in [0.1, 0.15) is 41.4 Å². The molecule has 2 aliphatic rings. The van der Waals surface area contributed by atoms with Gasteiger partial charge in [-0.2, -0.15) is 0 Å². The van der Waals surface area contributed by atoms with Crippen molar-refractivity contribution < 1.29 is 14.3 Å². The molecule has 5 nitrogen and oxygen atoms in total. The maximum Gasteiger partial charge on any atom is 0.265 e. The summed E-state index contributed by atoms with van der Waals surface area (Å²) in [7, 11) is 0. The molecule has 0 saturated heterocycles. The standard InChI is InChI=1S/C20H22N2O3S/c1-2-16-20(24)22(11-13-5-6-13)12-14-10-15(7-8-17(14)25-16)21-19(23)18-4-3-9-26-18/h3-4,7-10,13,16H,2,5-6,11-12H2,1H3,(H,21,23)/t16-/m0/s1. The van der Waals surface area contributed by atoms with Gasteiger partial charge in [0.2, 0.25) is 0 Å². The van der Waals surface area contributed by atoms with Crippen LogP contribution in [-0.4, -0.2) is 29.4 Å². The topological polar surface area (TPSA) is 58.6 Å². The smallest absolute Gasteiger partial charge is 0.265 e. The first kappa shape index (κ1) is 17.1. The SMILES string of the molecule is CC[C@@H]1Oc2ccc(NC(=O)c3cccs3)cc2CN(CC2CC2)C1=O. The predicted molar refractivity (Wildman–Crippen MR) is 102 cm³/mol. The third-order valence-corrected chi connectivity index (χ3v) is 5.70. The molecule has 1 aromatic heterocycles. The molecule has 1 fully saturated rings. The second-order valence-corrected chi connectivity index (χ2v) is 7.88. The van der Waals surface area contributed by atoms with Crippen LogP contribution in [0.25, 0.3) is 0 Å². The van der Waals surface area contributed by atoms with E-state index in [1.54, 1.807) is 6.07 Å². The molecule has 2 aromatic rings. The Labute approximate surface area is 157 Å². The van der Waals surface area contributed by atoms with Crippen molar-refractivity contribution in [1.82, 2.24) is 4.90 Å². The van der Waals surface area contributed by atoms with Gasteiger partial charge < -0.3 is 15.0 Å². The second-order valence-electron chi connectivity index (χ2n) is 6.93. The second kappa shape index (κ2) is 7.11. The number of anilines is 1. The van der Waals surface area contributed by atoms with Gasteiger partial charge in [-0.25, -0.2) is 0 Å². The van der Waals surface area contributed by atoms with E-state index in [1.165, 1.54) is 24.2 Å². The van der Waals surface area contributed by atoms with Gasteiger partial charge in [0.05, 0.1) is 4.88 Å². The van der Waals surface area contributed by atoms with Crippen molar-refractivity contribution in [1.29, 1.82) is 0 Å². The first-order valence-electron chi connectivity index (χ1n) is 9.07. The number of rotatable bonds is 5. The first-order valence-corrected chi connectivity index (χ1v) is 9.95. The van der Waals surface area contributed by atoms with Crippen molar-refractivity contribution in [2.75, 3.05) is 11.9 Å². The zero-order valence-electron chi connectivity index (χ0n) is 14.7. The number of thiophene rings is 1. The summed E-state index contributed by atoms with van der Waals surface area (Å²) in [6, 6.07) is 9.27. The number of nitrogens with zero attached hydrogens (tertiary/aromatic N) is 1. The van der Waals surface area contributed by atoms with Crippen LogP contribution < -0.4 is 10.1 Å². The Kier molecular flexibility index (Phi) is 4.68. The minimum Gasteiger partial charge on any atom is -0.480 e. The normalized spacial score (nSPS) is 19.5. The zero-order chi connectivity index (χ0) is 18.1. The summed E-state index contributed by atoms with van der Waals surface area (Å²) >= 11 is 1.41. The van der Waals surface area contributed by atoms with Crippen molar-refractivity contribution >= 4 is 28.8 Å². The molecule has 0 bridgehead atoms. The monoisotopic (exact) mass is 370 g/mol. The van der Waals surface area contributed by atoms with Crippen LogP contribution in [0.15, 0.2) is 35.7 Å². The van der Waals surface area contributed by atoms with E-state index >= 15 is 0 Å². The van der Waals surface area contributed by atoms with Crippen LogP contribution in [0, 0.1) is 5.92 Å². The van der Waals surface area contributed by atoms with Crippen molar-refractivity contribution in [2.24, 2.45) is 5.92 Å². The Bertz CT molecular complexity index is 814. The molecule has 0 radical (unpaired) electrons. The van der Waals surface area contributed by atoms with Crippen LogP contribution in [-0.2, 0) is 11.3 Å². The van der Waals surface area contributed by atoms with Crippen LogP contribution >= 0.6 is 11.3 Å². The van der Waals surface area contributed by atoms with Crippen molar-refractivity contribution in [3.63, 3.8) is 0 Å². The van der Waals surface area contributed by atoms with Crippen molar-refractivity contribution in [2.45, 2.75) is 38.8 Å². The van der Waals surface area contributed by atoms with Crippen LogP contribution in [0.2, 0.25) is 0 Å². The molecule has 0 spiro atoms. The number of nitrogens with one attached hydrogen (secondary N) is 1. The number of carbonyl (C=O) groups is 2. The van der Waals surface area contributed by atoms with Gasteiger partial charge in [0.25, 0.3) is 11.8 Å². The van der Waals surface area contributed by atoms with Gasteiger partial charge in [-0.05, 0) is 54.8 Å². The Morgan fingerprint density at radius 2 is 2.19 bits per heavy atom. The maximum atomic E-state index is 12.8. The minimum atomic E-state index is -0.429. The van der Waals surface area contributed by atoms with Crippen LogP contribution in [0.5, 0.6) is 5.75 Å². The molecule has 26 heavy (non-hydrogen) atoms. The number of amides is 2.